The van der Waals surface area contributed by atoms with Crippen LogP contribution < -0.4 is 5.73 Å². The summed E-state index contributed by atoms with van der Waals surface area (Å²) in [5.41, 5.74) is 6.41. The molecule has 0 fully saturated rings. The summed E-state index contributed by atoms with van der Waals surface area (Å²) in [6, 6.07) is -0.117. The number of aromatic nitrogens is 7. The molecule has 0 bridgehead atoms. The first-order valence-electron chi connectivity index (χ1n) is 4.53. The fraction of sp³-hybridized carbons (Fsp3) is 0.571. The summed E-state index contributed by atoms with van der Waals surface area (Å²) in [4.78, 5) is 1.40. The zero-order valence-corrected chi connectivity index (χ0v) is 8.57. The topological polar surface area (TPSA) is 100 Å². The maximum atomic E-state index is 5.66. The van der Waals surface area contributed by atoms with Crippen molar-refractivity contribution < 1.29 is 0 Å². The molecule has 2 aromatic rings. The molecule has 0 saturated heterocycles. The van der Waals surface area contributed by atoms with Gasteiger partial charge >= 0.3 is 0 Å². The van der Waals surface area contributed by atoms with Crippen molar-refractivity contribution in [3.05, 3.63) is 17.7 Å². The SMILES string of the molecule is CC(N)c1cn(Cc2nnn(C)n2)nn1. The Morgan fingerprint density at radius 1 is 1.40 bits per heavy atom. The summed E-state index contributed by atoms with van der Waals surface area (Å²) in [5.74, 6) is 0.596. The van der Waals surface area contributed by atoms with Gasteiger partial charge in [0.15, 0.2) is 5.82 Å². The molecule has 8 heteroatoms. The Kier molecular flexibility index (Phi) is 2.42. The van der Waals surface area contributed by atoms with Crippen molar-refractivity contribution >= 4 is 0 Å². The Morgan fingerprint density at radius 2 is 2.20 bits per heavy atom. The van der Waals surface area contributed by atoms with Gasteiger partial charge in [-0.05, 0) is 12.1 Å². The lowest BCUT2D eigenvalue weighted by atomic mass is 10.3. The minimum absolute atomic E-state index is 0.117. The number of tetrazole rings is 1. The van der Waals surface area contributed by atoms with Crippen LogP contribution in [0.2, 0.25) is 0 Å². The van der Waals surface area contributed by atoms with Crippen LogP contribution in [0.5, 0.6) is 0 Å². The van der Waals surface area contributed by atoms with Crippen molar-refractivity contribution in [2.24, 2.45) is 12.8 Å². The highest BCUT2D eigenvalue weighted by Crippen LogP contribution is 2.03. The van der Waals surface area contributed by atoms with E-state index in [0.29, 0.717) is 12.4 Å². The normalized spacial score (nSPS) is 13.0. The summed E-state index contributed by atoms with van der Waals surface area (Å²) < 4.78 is 1.63. The smallest absolute Gasteiger partial charge is 0.196 e. The average molecular weight is 208 g/mol. The monoisotopic (exact) mass is 208 g/mol. The molecule has 0 radical (unpaired) electrons. The van der Waals surface area contributed by atoms with Gasteiger partial charge in [0, 0.05) is 6.04 Å². The Hall–Kier alpha value is -1.83. The van der Waals surface area contributed by atoms with Gasteiger partial charge in [0.05, 0.1) is 18.9 Å². The van der Waals surface area contributed by atoms with Gasteiger partial charge in [-0.3, -0.25) is 0 Å². The average Bonchev–Trinajstić information content (AvgIpc) is 2.76. The van der Waals surface area contributed by atoms with Crippen molar-refractivity contribution in [1.82, 2.24) is 35.2 Å². The van der Waals surface area contributed by atoms with E-state index in [-0.39, 0.29) is 6.04 Å². The molecule has 0 amide bonds. The third kappa shape index (κ3) is 2.15. The number of nitrogens with zero attached hydrogens (tertiary/aromatic N) is 7. The predicted octanol–water partition coefficient (Wildman–Crippen LogP) is -1.13. The van der Waals surface area contributed by atoms with Crippen molar-refractivity contribution in [2.75, 3.05) is 0 Å². The van der Waals surface area contributed by atoms with Crippen LogP contribution in [-0.2, 0) is 13.6 Å². The van der Waals surface area contributed by atoms with Gasteiger partial charge in [0.1, 0.15) is 6.54 Å². The fourth-order valence-corrected chi connectivity index (χ4v) is 1.13. The highest BCUT2D eigenvalue weighted by molar-refractivity contribution is 4.98. The van der Waals surface area contributed by atoms with Crippen LogP contribution in [0, 0.1) is 0 Å². The molecular formula is C7H12N8. The molecule has 2 heterocycles. The molecule has 0 aliphatic carbocycles. The molecular weight excluding hydrogens is 196 g/mol. The first-order chi connectivity index (χ1) is 7.15. The van der Waals surface area contributed by atoms with Crippen molar-refractivity contribution in [1.29, 1.82) is 0 Å². The minimum Gasteiger partial charge on any atom is -0.323 e. The summed E-state index contributed by atoms with van der Waals surface area (Å²) in [5, 5.41) is 19.4. The number of hydrogen-bond acceptors (Lipinski definition) is 6. The van der Waals surface area contributed by atoms with Gasteiger partial charge in [-0.15, -0.1) is 15.3 Å². The molecule has 2 rings (SSSR count). The summed E-state index contributed by atoms with van der Waals surface area (Å²) in [6.45, 7) is 2.31. The summed E-state index contributed by atoms with van der Waals surface area (Å²) in [7, 11) is 1.71. The van der Waals surface area contributed by atoms with Crippen LogP contribution in [0.1, 0.15) is 24.5 Å². The zero-order valence-electron chi connectivity index (χ0n) is 8.57. The van der Waals surface area contributed by atoms with E-state index in [1.807, 2.05) is 6.92 Å². The number of rotatable bonds is 3. The lowest BCUT2D eigenvalue weighted by Crippen LogP contribution is -2.05. The number of aryl methyl sites for hydroxylation is 1. The predicted molar refractivity (Wildman–Crippen MR) is 50.5 cm³/mol. The van der Waals surface area contributed by atoms with Crippen molar-refractivity contribution in [3.8, 4) is 0 Å². The lowest BCUT2D eigenvalue weighted by Gasteiger charge is -1.95. The minimum atomic E-state index is -0.117. The Labute approximate surface area is 86.1 Å². The standard InChI is InChI=1S/C7H12N8/c1-5(8)6-3-15(13-9-6)4-7-10-12-14(2)11-7/h3,5H,4,8H2,1-2H3. The molecule has 0 saturated carbocycles. The third-order valence-electron chi connectivity index (χ3n) is 1.88. The second kappa shape index (κ2) is 3.73. The lowest BCUT2D eigenvalue weighted by molar-refractivity contribution is 0.607. The second-order valence-electron chi connectivity index (χ2n) is 3.32. The van der Waals surface area contributed by atoms with Gasteiger partial charge < -0.3 is 5.73 Å². The maximum absolute atomic E-state index is 5.66. The molecule has 2 aromatic heterocycles. The third-order valence-corrected chi connectivity index (χ3v) is 1.88. The van der Waals surface area contributed by atoms with Crippen LogP contribution in [0.3, 0.4) is 0 Å². The fourth-order valence-electron chi connectivity index (χ4n) is 1.13. The van der Waals surface area contributed by atoms with E-state index < -0.39 is 0 Å². The Bertz CT molecular complexity index is 441. The van der Waals surface area contributed by atoms with E-state index >= 15 is 0 Å². The molecule has 0 aliphatic heterocycles. The molecule has 0 aliphatic rings. The highest BCUT2D eigenvalue weighted by atomic mass is 15.6. The van der Waals surface area contributed by atoms with E-state index in [2.05, 4.69) is 25.7 Å². The largest absolute Gasteiger partial charge is 0.323 e. The van der Waals surface area contributed by atoms with Crippen molar-refractivity contribution in [2.45, 2.75) is 19.5 Å². The van der Waals surface area contributed by atoms with Crippen LogP contribution >= 0.6 is 0 Å². The van der Waals surface area contributed by atoms with Gasteiger partial charge in [-0.2, -0.15) is 4.80 Å². The first-order valence-corrected chi connectivity index (χ1v) is 4.53. The second-order valence-corrected chi connectivity index (χ2v) is 3.32. The van der Waals surface area contributed by atoms with E-state index in [1.165, 1.54) is 4.80 Å². The molecule has 0 spiro atoms. The number of hydrogen-bond donors (Lipinski definition) is 1. The van der Waals surface area contributed by atoms with Crippen LogP contribution in [0.25, 0.3) is 0 Å². The van der Waals surface area contributed by atoms with Gasteiger partial charge in [-0.25, -0.2) is 4.68 Å². The molecule has 15 heavy (non-hydrogen) atoms. The van der Waals surface area contributed by atoms with Gasteiger partial charge in [0.2, 0.25) is 0 Å². The van der Waals surface area contributed by atoms with E-state index in [1.54, 1.807) is 17.9 Å². The maximum Gasteiger partial charge on any atom is 0.196 e. The Morgan fingerprint density at radius 3 is 2.73 bits per heavy atom. The van der Waals surface area contributed by atoms with Crippen molar-refractivity contribution in [3.63, 3.8) is 0 Å². The van der Waals surface area contributed by atoms with Crippen LogP contribution in [-0.4, -0.2) is 35.2 Å². The van der Waals surface area contributed by atoms with E-state index in [9.17, 15) is 0 Å². The molecule has 1 unspecified atom stereocenters. The van der Waals surface area contributed by atoms with Gasteiger partial charge in [-0.1, -0.05) is 5.21 Å². The molecule has 0 aromatic carbocycles. The Balaban J connectivity index is 2.11. The number of nitrogens with two attached hydrogens (primary N) is 1. The molecule has 8 nitrogen and oxygen atoms in total. The van der Waals surface area contributed by atoms with E-state index in [0.717, 1.165) is 5.69 Å². The van der Waals surface area contributed by atoms with Crippen LogP contribution in [0.4, 0.5) is 0 Å². The summed E-state index contributed by atoms with van der Waals surface area (Å²) in [6.07, 6.45) is 1.78. The zero-order chi connectivity index (χ0) is 10.8. The van der Waals surface area contributed by atoms with Crippen LogP contribution in [0.15, 0.2) is 6.20 Å². The first kappa shape index (κ1) is 9.71. The van der Waals surface area contributed by atoms with E-state index in [4.69, 9.17) is 5.73 Å². The molecule has 1 atom stereocenters. The summed E-state index contributed by atoms with van der Waals surface area (Å²) >= 11 is 0. The molecule has 80 valence electrons. The highest BCUT2D eigenvalue weighted by Gasteiger charge is 2.07. The quantitative estimate of drug-likeness (QED) is 0.685. The van der Waals surface area contributed by atoms with Gasteiger partial charge in [0.25, 0.3) is 0 Å². The molecule has 2 N–H and O–H groups in total.